The number of hydrogen-bond acceptors (Lipinski definition) is 5. The zero-order chi connectivity index (χ0) is 23.2. The van der Waals surface area contributed by atoms with Gasteiger partial charge in [-0.1, -0.05) is 72.3 Å². The van der Waals surface area contributed by atoms with E-state index in [0.717, 1.165) is 11.1 Å². The fourth-order valence-electron chi connectivity index (χ4n) is 3.39. The minimum atomic E-state index is -0.527. The lowest BCUT2D eigenvalue weighted by atomic mass is 9.91. The van der Waals surface area contributed by atoms with Crippen molar-refractivity contribution in [3.63, 3.8) is 0 Å². The molecule has 0 radical (unpaired) electrons. The Kier molecular flexibility index (Phi) is 6.61. The summed E-state index contributed by atoms with van der Waals surface area (Å²) in [6.07, 6.45) is 1.36. The van der Waals surface area contributed by atoms with Crippen molar-refractivity contribution in [3.05, 3.63) is 123 Å². The summed E-state index contributed by atoms with van der Waals surface area (Å²) in [6, 6.07) is 26.2. The van der Waals surface area contributed by atoms with Crippen molar-refractivity contribution >= 4 is 29.4 Å². The van der Waals surface area contributed by atoms with Gasteiger partial charge in [0.15, 0.2) is 0 Å². The molecule has 1 amide bonds. The van der Waals surface area contributed by atoms with Crippen LogP contribution in [0.15, 0.2) is 101 Å². The molecular weight excluding hydrogens is 442 g/mol. The van der Waals surface area contributed by atoms with Crippen LogP contribution >= 0.6 is 11.6 Å². The average molecular weight is 460 g/mol. The van der Waals surface area contributed by atoms with Gasteiger partial charge in [-0.2, -0.15) is 5.10 Å². The average Bonchev–Trinajstić information content (AvgIpc) is 3.29. The predicted octanol–water partition coefficient (Wildman–Crippen LogP) is 5.79. The minimum Gasteiger partial charge on any atom is -0.455 e. The van der Waals surface area contributed by atoms with E-state index in [0.29, 0.717) is 22.1 Å². The molecule has 1 heterocycles. The van der Waals surface area contributed by atoms with Crippen LogP contribution < -0.4 is 5.43 Å². The molecule has 0 saturated carbocycles. The van der Waals surface area contributed by atoms with E-state index in [1.54, 1.807) is 12.1 Å². The highest BCUT2D eigenvalue weighted by molar-refractivity contribution is 6.33. The molecule has 8 heteroatoms. The molecular formula is C25H18ClN3O4. The van der Waals surface area contributed by atoms with Gasteiger partial charge in [-0.15, -0.1) is 0 Å². The Morgan fingerprint density at radius 2 is 1.61 bits per heavy atom. The van der Waals surface area contributed by atoms with E-state index < -0.39 is 10.8 Å². The van der Waals surface area contributed by atoms with Gasteiger partial charge >= 0.3 is 0 Å². The van der Waals surface area contributed by atoms with Crippen molar-refractivity contribution in [1.82, 2.24) is 5.43 Å². The second-order valence-corrected chi connectivity index (χ2v) is 7.52. The number of halogens is 1. The van der Waals surface area contributed by atoms with E-state index in [2.05, 4.69) is 10.5 Å². The molecule has 0 aliphatic rings. The van der Waals surface area contributed by atoms with Gasteiger partial charge in [0.25, 0.3) is 11.6 Å². The maximum atomic E-state index is 13.0. The highest BCUT2D eigenvalue weighted by Crippen LogP contribution is 2.32. The first-order valence-electron chi connectivity index (χ1n) is 10.00. The van der Waals surface area contributed by atoms with Gasteiger partial charge in [-0.05, 0) is 29.3 Å². The maximum Gasteiger partial charge on any atom is 0.270 e. The fraction of sp³-hybridized carbons (Fsp3) is 0.0400. The molecule has 33 heavy (non-hydrogen) atoms. The Balaban J connectivity index is 1.51. The van der Waals surface area contributed by atoms with Gasteiger partial charge in [0.05, 0.1) is 22.1 Å². The third-order valence-corrected chi connectivity index (χ3v) is 5.28. The fourth-order valence-corrected chi connectivity index (χ4v) is 3.60. The zero-order valence-electron chi connectivity index (χ0n) is 17.2. The van der Waals surface area contributed by atoms with Gasteiger partial charge < -0.3 is 4.42 Å². The molecule has 0 aliphatic heterocycles. The molecule has 164 valence electrons. The first-order chi connectivity index (χ1) is 16.0. The van der Waals surface area contributed by atoms with Crippen LogP contribution in [0.4, 0.5) is 5.69 Å². The van der Waals surface area contributed by atoms with Crippen LogP contribution in [0.3, 0.4) is 0 Å². The number of nitrogens with zero attached hydrogens (tertiary/aromatic N) is 2. The van der Waals surface area contributed by atoms with Crippen LogP contribution in [-0.4, -0.2) is 17.0 Å². The first-order valence-corrected chi connectivity index (χ1v) is 10.4. The van der Waals surface area contributed by atoms with Crippen LogP contribution in [0.5, 0.6) is 0 Å². The third kappa shape index (κ3) is 5.16. The lowest BCUT2D eigenvalue weighted by molar-refractivity contribution is -0.384. The van der Waals surface area contributed by atoms with E-state index in [1.165, 1.54) is 24.4 Å². The number of carbonyl (C=O) groups is 1. The highest BCUT2D eigenvalue weighted by atomic mass is 35.5. The van der Waals surface area contributed by atoms with Crippen LogP contribution in [0.1, 0.15) is 22.8 Å². The second-order valence-electron chi connectivity index (χ2n) is 7.11. The summed E-state index contributed by atoms with van der Waals surface area (Å²) in [5, 5.41) is 15.4. The van der Waals surface area contributed by atoms with Crippen LogP contribution in [0.2, 0.25) is 5.02 Å². The van der Waals surface area contributed by atoms with Crippen molar-refractivity contribution in [2.75, 3.05) is 0 Å². The molecule has 1 aromatic heterocycles. The Bertz CT molecular complexity index is 1260. The van der Waals surface area contributed by atoms with E-state index >= 15 is 0 Å². The van der Waals surface area contributed by atoms with Gasteiger partial charge in [0.2, 0.25) is 0 Å². The number of non-ortho nitro benzene ring substituents is 1. The van der Waals surface area contributed by atoms with Gasteiger partial charge in [0.1, 0.15) is 11.5 Å². The molecule has 3 aromatic carbocycles. The largest absolute Gasteiger partial charge is 0.455 e. The summed E-state index contributed by atoms with van der Waals surface area (Å²) in [6.45, 7) is 0. The first kappa shape index (κ1) is 22.0. The number of nitro groups is 1. The quantitative estimate of drug-likeness (QED) is 0.215. The Labute approximate surface area is 194 Å². The lowest BCUT2D eigenvalue weighted by Gasteiger charge is -2.16. The lowest BCUT2D eigenvalue weighted by Crippen LogP contribution is -2.26. The van der Waals surface area contributed by atoms with Crippen molar-refractivity contribution < 1.29 is 14.1 Å². The van der Waals surface area contributed by atoms with E-state index in [9.17, 15) is 14.9 Å². The molecule has 1 N–H and O–H groups in total. The molecule has 0 aliphatic carbocycles. The molecule has 0 fully saturated rings. The summed E-state index contributed by atoms with van der Waals surface area (Å²) in [7, 11) is 0. The number of amides is 1. The molecule has 7 nitrogen and oxygen atoms in total. The van der Waals surface area contributed by atoms with E-state index in [-0.39, 0.29) is 11.6 Å². The number of nitro benzene ring substituents is 1. The van der Waals surface area contributed by atoms with Crippen molar-refractivity contribution in [2.24, 2.45) is 5.10 Å². The van der Waals surface area contributed by atoms with Crippen molar-refractivity contribution in [1.29, 1.82) is 0 Å². The van der Waals surface area contributed by atoms with Crippen molar-refractivity contribution in [3.8, 4) is 11.3 Å². The topological polar surface area (TPSA) is 97.7 Å². The Hall–Kier alpha value is -4.23. The summed E-state index contributed by atoms with van der Waals surface area (Å²) >= 11 is 6.17. The minimum absolute atomic E-state index is 0.0962. The standard InChI is InChI=1S/C25H18ClN3O4/c26-22-13-11-19(29(31)32)15-21(22)23-14-12-20(33-23)16-27-28-25(30)24(17-7-3-1-4-8-17)18-9-5-2-6-10-18/h1-16,24H,(H,28,30)/b27-16-. The molecule has 0 saturated heterocycles. The number of hydrogen-bond donors (Lipinski definition) is 1. The highest BCUT2D eigenvalue weighted by Gasteiger charge is 2.22. The van der Waals surface area contributed by atoms with E-state index in [1.807, 2.05) is 60.7 Å². The SMILES string of the molecule is O=C(N/N=C\c1ccc(-c2cc([N+](=O)[O-])ccc2Cl)o1)C(c1ccccc1)c1ccccc1. The van der Waals surface area contributed by atoms with Crippen molar-refractivity contribution in [2.45, 2.75) is 5.92 Å². The third-order valence-electron chi connectivity index (χ3n) is 4.95. The molecule has 4 rings (SSSR count). The van der Waals surface area contributed by atoms with Gasteiger partial charge in [0, 0.05) is 17.7 Å². The number of carbonyl (C=O) groups excluding carboxylic acids is 1. The van der Waals surface area contributed by atoms with Crippen LogP contribution in [0, 0.1) is 10.1 Å². The number of hydrazone groups is 1. The Morgan fingerprint density at radius 1 is 0.970 bits per heavy atom. The molecule has 4 aromatic rings. The number of nitrogens with one attached hydrogen (secondary N) is 1. The zero-order valence-corrected chi connectivity index (χ0v) is 18.0. The van der Waals surface area contributed by atoms with E-state index in [4.69, 9.17) is 16.0 Å². The number of benzene rings is 3. The van der Waals surface area contributed by atoms with Crippen LogP contribution in [0.25, 0.3) is 11.3 Å². The monoisotopic (exact) mass is 459 g/mol. The maximum absolute atomic E-state index is 13.0. The molecule has 0 unspecified atom stereocenters. The second kappa shape index (κ2) is 9.93. The summed E-state index contributed by atoms with van der Waals surface area (Å²) < 4.78 is 5.69. The van der Waals surface area contributed by atoms with Gasteiger partial charge in [-0.3, -0.25) is 14.9 Å². The Morgan fingerprint density at radius 3 is 2.21 bits per heavy atom. The summed E-state index contributed by atoms with van der Waals surface area (Å²) in [5.41, 5.74) is 4.55. The normalized spacial score (nSPS) is 11.1. The molecule has 0 bridgehead atoms. The smallest absolute Gasteiger partial charge is 0.270 e. The summed E-state index contributed by atoms with van der Waals surface area (Å²) in [4.78, 5) is 23.5. The van der Waals surface area contributed by atoms with Crippen LogP contribution in [-0.2, 0) is 4.79 Å². The number of furan rings is 1. The summed E-state index contributed by atoms with van der Waals surface area (Å²) in [5.74, 6) is -0.121. The number of rotatable bonds is 7. The predicted molar refractivity (Wildman–Crippen MR) is 126 cm³/mol. The molecule has 0 atom stereocenters. The van der Waals surface area contributed by atoms with Gasteiger partial charge in [-0.25, -0.2) is 5.43 Å². The molecule has 0 spiro atoms.